The number of hydrogen-bond acceptors (Lipinski definition) is 3. The molecular formula is C20H20N2O2. The van der Waals surface area contributed by atoms with Gasteiger partial charge in [-0.3, -0.25) is 4.79 Å². The molecular weight excluding hydrogens is 300 g/mol. The first-order chi connectivity index (χ1) is 11.6. The smallest absolute Gasteiger partial charge is 0.225 e. The summed E-state index contributed by atoms with van der Waals surface area (Å²) >= 11 is 0. The topological polar surface area (TPSA) is 55.1 Å². The van der Waals surface area contributed by atoms with Crippen molar-refractivity contribution in [1.29, 1.82) is 0 Å². The van der Waals surface area contributed by atoms with E-state index in [1.165, 1.54) is 0 Å². The maximum Gasteiger partial charge on any atom is 0.225 e. The summed E-state index contributed by atoms with van der Waals surface area (Å²) in [6.45, 7) is 3.98. The highest BCUT2D eigenvalue weighted by molar-refractivity contribution is 5.91. The number of amides is 1. The van der Waals surface area contributed by atoms with Gasteiger partial charge in [0.05, 0.1) is 5.69 Å². The Balaban J connectivity index is 1.70. The summed E-state index contributed by atoms with van der Waals surface area (Å²) in [6, 6.07) is 19.3. The predicted molar refractivity (Wildman–Crippen MR) is 94.8 cm³/mol. The van der Waals surface area contributed by atoms with Crippen molar-refractivity contribution in [2.24, 2.45) is 0 Å². The van der Waals surface area contributed by atoms with E-state index in [2.05, 4.69) is 10.5 Å². The fourth-order valence-corrected chi connectivity index (χ4v) is 2.77. The molecule has 4 heteroatoms. The largest absolute Gasteiger partial charge is 0.356 e. The highest BCUT2D eigenvalue weighted by atomic mass is 16.5. The van der Waals surface area contributed by atoms with Crippen LogP contribution in [0.3, 0.4) is 0 Å². The van der Waals surface area contributed by atoms with Crippen molar-refractivity contribution in [1.82, 2.24) is 5.16 Å². The van der Waals surface area contributed by atoms with Crippen LogP contribution in [0.4, 0.5) is 5.69 Å². The summed E-state index contributed by atoms with van der Waals surface area (Å²) in [7, 11) is 0. The molecule has 24 heavy (non-hydrogen) atoms. The van der Waals surface area contributed by atoms with E-state index < -0.39 is 0 Å². The standard InChI is InChI=1S/C20H20N2O2/c1-14(13-18(23)21-17-11-7-4-8-12-17)19-15(2)20(24-22-19)16-9-5-3-6-10-16/h3-12,14H,13H2,1-2H3,(H,21,23). The molecule has 0 radical (unpaired) electrons. The second-order valence-corrected chi connectivity index (χ2v) is 5.91. The average Bonchev–Trinajstić information content (AvgIpc) is 2.98. The molecule has 4 nitrogen and oxygen atoms in total. The fourth-order valence-electron chi connectivity index (χ4n) is 2.77. The number of para-hydroxylation sites is 1. The number of anilines is 1. The molecule has 3 rings (SSSR count). The van der Waals surface area contributed by atoms with Crippen molar-refractivity contribution in [2.45, 2.75) is 26.2 Å². The molecule has 0 fully saturated rings. The van der Waals surface area contributed by atoms with Gasteiger partial charge in [0.15, 0.2) is 5.76 Å². The predicted octanol–water partition coefficient (Wildman–Crippen LogP) is 4.78. The lowest BCUT2D eigenvalue weighted by atomic mass is 9.97. The Morgan fingerprint density at radius 3 is 2.38 bits per heavy atom. The maximum atomic E-state index is 12.2. The lowest BCUT2D eigenvalue weighted by Crippen LogP contribution is -2.14. The van der Waals surface area contributed by atoms with E-state index in [0.29, 0.717) is 6.42 Å². The van der Waals surface area contributed by atoms with E-state index in [-0.39, 0.29) is 11.8 Å². The lowest BCUT2D eigenvalue weighted by molar-refractivity contribution is -0.116. The van der Waals surface area contributed by atoms with Crippen LogP contribution in [0.15, 0.2) is 65.2 Å². The van der Waals surface area contributed by atoms with Crippen LogP contribution < -0.4 is 5.32 Å². The number of hydrogen-bond donors (Lipinski definition) is 1. The van der Waals surface area contributed by atoms with Gasteiger partial charge >= 0.3 is 0 Å². The Morgan fingerprint density at radius 2 is 1.71 bits per heavy atom. The van der Waals surface area contributed by atoms with Gasteiger partial charge in [-0.1, -0.05) is 60.6 Å². The summed E-state index contributed by atoms with van der Waals surface area (Å²) in [5.41, 5.74) is 3.62. The van der Waals surface area contributed by atoms with Gasteiger partial charge in [-0.2, -0.15) is 0 Å². The number of carbonyl (C=O) groups excluding carboxylic acids is 1. The van der Waals surface area contributed by atoms with Crippen LogP contribution in [0.2, 0.25) is 0 Å². The molecule has 3 aromatic rings. The number of benzene rings is 2. The molecule has 2 aromatic carbocycles. The second kappa shape index (κ2) is 7.13. The molecule has 1 atom stereocenters. The van der Waals surface area contributed by atoms with Crippen LogP contribution in [0.25, 0.3) is 11.3 Å². The Bertz CT molecular complexity index is 810. The quantitative estimate of drug-likeness (QED) is 0.736. The van der Waals surface area contributed by atoms with Gasteiger partial charge in [-0.25, -0.2) is 0 Å². The molecule has 0 aliphatic carbocycles. The third kappa shape index (κ3) is 3.54. The zero-order valence-electron chi connectivity index (χ0n) is 13.8. The third-order valence-electron chi connectivity index (χ3n) is 4.01. The first kappa shape index (κ1) is 16.0. The molecule has 0 aliphatic rings. The van der Waals surface area contributed by atoms with Crippen molar-refractivity contribution in [3.05, 3.63) is 71.9 Å². The molecule has 1 N–H and O–H groups in total. The van der Waals surface area contributed by atoms with Crippen LogP contribution in [0, 0.1) is 6.92 Å². The minimum absolute atomic E-state index is 0.0186. The molecule has 0 saturated heterocycles. The SMILES string of the molecule is Cc1c(C(C)CC(=O)Nc2ccccc2)noc1-c1ccccc1. The Labute approximate surface area is 141 Å². The van der Waals surface area contributed by atoms with Gasteiger partial charge < -0.3 is 9.84 Å². The molecule has 0 aliphatic heterocycles. The van der Waals surface area contributed by atoms with E-state index in [4.69, 9.17) is 4.52 Å². The zero-order chi connectivity index (χ0) is 16.9. The molecule has 0 saturated carbocycles. The van der Waals surface area contributed by atoms with Crippen LogP contribution >= 0.6 is 0 Å². The molecule has 0 spiro atoms. The average molecular weight is 320 g/mol. The first-order valence-electron chi connectivity index (χ1n) is 8.01. The summed E-state index contributed by atoms with van der Waals surface area (Å²) in [5.74, 6) is 0.716. The van der Waals surface area contributed by atoms with E-state index in [1.54, 1.807) is 0 Å². The number of nitrogens with one attached hydrogen (secondary N) is 1. The van der Waals surface area contributed by atoms with Crippen molar-refractivity contribution in [3.8, 4) is 11.3 Å². The van der Waals surface area contributed by atoms with Crippen LogP contribution in [0.5, 0.6) is 0 Å². The van der Waals surface area contributed by atoms with Gasteiger partial charge in [-0.05, 0) is 19.1 Å². The number of aromatic nitrogens is 1. The molecule has 122 valence electrons. The van der Waals surface area contributed by atoms with Gasteiger partial charge in [0.25, 0.3) is 0 Å². The summed E-state index contributed by atoms with van der Waals surface area (Å²) in [4.78, 5) is 12.2. The highest BCUT2D eigenvalue weighted by Gasteiger charge is 2.20. The van der Waals surface area contributed by atoms with Crippen LogP contribution in [-0.4, -0.2) is 11.1 Å². The van der Waals surface area contributed by atoms with Crippen LogP contribution in [0.1, 0.15) is 30.5 Å². The van der Waals surface area contributed by atoms with Crippen molar-refractivity contribution < 1.29 is 9.32 Å². The van der Waals surface area contributed by atoms with Gasteiger partial charge in [0, 0.05) is 29.2 Å². The van der Waals surface area contributed by atoms with E-state index in [9.17, 15) is 4.79 Å². The molecule has 1 unspecified atom stereocenters. The Kier molecular flexibility index (Phi) is 4.75. The van der Waals surface area contributed by atoms with Crippen LogP contribution in [-0.2, 0) is 4.79 Å². The van der Waals surface area contributed by atoms with Crippen molar-refractivity contribution in [2.75, 3.05) is 5.32 Å². The van der Waals surface area contributed by atoms with Gasteiger partial charge in [0.2, 0.25) is 5.91 Å². The first-order valence-corrected chi connectivity index (χ1v) is 8.01. The molecule has 1 aromatic heterocycles. The third-order valence-corrected chi connectivity index (χ3v) is 4.01. The second-order valence-electron chi connectivity index (χ2n) is 5.91. The minimum Gasteiger partial charge on any atom is -0.356 e. The van der Waals surface area contributed by atoms with E-state index in [1.807, 2.05) is 74.5 Å². The molecule has 1 heterocycles. The number of nitrogens with zero attached hydrogens (tertiary/aromatic N) is 1. The van der Waals surface area contributed by atoms with Gasteiger partial charge in [-0.15, -0.1) is 0 Å². The zero-order valence-corrected chi connectivity index (χ0v) is 13.8. The normalized spacial score (nSPS) is 11.9. The lowest BCUT2D eigenvalue weighted by Gasteiger charge is -2.10. The Hall–Kier alpha value is -2.88. The van der Waals surface area contributed by atoms with E-state index >= 15 is 0 Å². The van der Waals surface area contributed by atoms with Crippen molar-refractivity contribution >= 4 is 11.6 Å². The minimum atomic E-state index is -0.0302. The number of carbonyl (C=O) groups is 1. The summed E-state index contributed by atoms with van der Waals surface area (Å²) in [5, 5.41) is 7.10. The fraction of sp³-hybridized carbons (Fsp3) is 0.200. The summed E-state index contributed by atoms with van der Waals surface area (Å²) in [6.07, 6.45) is 0.358. The van der Waals surface area contributed by atoms with Gasteiger partial charge in [0.1, 0.15) is 0 Å². The highest BCUT2D eigenvalue weighted by Crippen LogP contribution is 2.30. The van der Waals surface area contributed by atoms with E-state index in [0.717, 1.165) is 28.3 Å². The Morgan fingerprint density at radius 1 is 1.08 bits per heavy atom. The molecule has 0 bridgehead atoms. The molecule has 1 amide bonds. The van der Waals surface area contributed by atoms with Crippen molar-refractivity contribution in [3.63, 3.8) is 0 Å². The summed E-state index contributed by atoms with van der Waals surface area (Å²) < 4.78 is 5.52. The number of rotatable bonds is 5. The maximum absolute atomic E-state index is 12.2. The monoisotopic (exact) mass is 320 g/mol.